The molecular weight excluding hydrogens is 218 g/mol. The highest BCUT2D eigenvalue weighted by Gasteiger charge is 2.42. The molecule has 0 aliphatic heterocycles. The molecule has 6 heteroatoms. The molecule has 1 aliphatic rings. The number of Topliss-reactive ketones (excluding diaryl/α,β-unsaturated/α-hetero) is 1. The number of tetrazole rings is 1. The highest BCUT2D eigenvalue weighted by molar-refractivity contribution is 5.89. The van der Waals surface area contributed by atoms with Gasteiger partial charge in [0.05, 0.1) is 19.0 Å². The molecule has 0 N–H and O–H groups in total. The van der Waals surface area contributed by atoms with Crippen molar-refractivity contribution in [2.75, 3.05) is 14.1 Å². The van der Waals surface area contributed by atoms with Gasteiger partial charge in [-0.15, -0.1) is 10.2 Å². The van der Waals surface area contributed by atoms with Gasteiger partial charge in [-0.25, -0.2) is 0 Å². The Hall–Kier alpha value is -1.30. The van der Waals surface area contributed by atoms with E-state index < -0.39 is 0 Å². The number of hydrogen-bond acceptors (Lipinski definition) is 5. The van der Waals surface area contributed by atoms with Crippen LogP contribution in [0.2, 0.25) is 0 Å². The van der Waals surface area contributed by atoms with Crippen LogP contribution in [-0.2, 0) is 18.3 Å². The average Bonchev–Trinajstić information content (AvgIpc) is 2.87. The summed E-state index contributed by atoms with van der Waals surface area (Å²) in [6.45, 7) is 0. The van der Waals surface area contributed by atoms with Crippen LogP contribution in [0.25, 0.3) is 0 Å². The molecule has 0 saturated heterocycles. The van der Waals surface area contributed by atoms with Gasteiger partial charge in [-0.05, 0) is 32.2 Å². The lowest BCUT2D eigenvalue weighted by Gasteiger charge is -2.34. The van der Waals surface area contributed by atoms with E-state index in [9.17, 15) is 4.79 Å². The Balaban J connectivity index is 2.12. The summed E-state index contributed by atoms with van der Waals surface area (Å²) < 4.78 is 0. The maximum atomic E-state index is 12.4. The lowest BCUT2D eigenvalue weighted by atomic mass is 9.88. The Kier molecular flexibility index (Phi) is 3.24. The minimum absolute atomic E-state index is 0.216. The van der Waals surface area contributed by atoms with Gasteiger partial charge in [0.25, 0.3) is 0 Å². The second-order valence-corrected chi connectivity index (χ2v) is 4.93. The van der Waals surface area contributed by atoms with Crippen LogP contribution in [0.4, 0.5) is 0 Å². The van der Waals surface area contributed by atoms with E-state index in [2.05, 4.69) is 20.3 Å². The van der Waals surface area contributed by atoms with Gasteiger partial charge in [0, 0.05) is 0 Å². The Morgan fingerprint density at radius 2 is 2.06 bits per heavy atom. The first-order valence-electron chi connectivity index (χ1n) is 5.98. The van der Waals surface area contributed by atoms with Gasteiger partial charge in [0.2, 0.25) is 0 Å². The Morgan fingerprint density at radius 1 is 1.41 bits per heavy atom. The third-order valence-electron chi connectivity index (χ3n) is 3.67. The second-order valence-electron chi connectivity index (χ2n) is 4.93. The first kappa shape index (κ1) is 12.2. The summed E-state index contributed by atoms with van der Waals surface area (Å²) in [7, 11) is 5.67. The minimum Gasteiger partial charge on any atom is -0.297 e. The SMILES string of the molecule is CN(C)C1(C(=O)Cc2nnn(C)n2)CCCC1. The first-order valence-corrected chi connectivity index (χ1v) is 5.98. The normalized spacial score (nSPS) is 18.8. The van der Waals surface area contributed by atoms with Crippen molar-refractivity contribution in [1.82, 2.24) is 25.1 Å². The largest absolute Gasteiger partial charge is 0.297 e. The molecule has 0 aromatic carbocycles. The summed E-state index contributed by atoms with van der Waals surface area (Å²) >= 11 is 0. The van der Waals surface area contributed by atoms with Crippen LogP contribution in [-0.4, -0.2) is 50.5 Å². The van der Waals surface area contributed by atoms with Crippen LogP contribution >= 0.6 is 0 Å². The maximum Gasteiger partial charge on any atom is 0.182 e. The minimum atomic E-state index is -0.306. The smallest absolute Gasteiger partial charge is 0.182 e. The van der Waals surface area contributed by atoms with Crippen molar-refractivity contribution in [3.05, 3.63) is 5.82 Å². The van der Waals surface area contributed by atoms with E-state index >= 15 is 0 Å². The van der Waals surface area contributed by atoms with Crippen LogP contribution < -0.4 is 0 Å². The molecule has 0 unspecified atom stereocenters. The summed E-state index contributed by atoms with van der Waals surface area (Å²) in [4.78, 5) is 15.9. The number of carbonyl (C=O) groups is 1. The third kappa shape index (κ3) is 2.22. The first-order chi connectivity index (χ1) is 8.04. The summed E-state index contributed by atoms with van der Waals surface area (Å²) in [6.07, 6.45) is 4.42. The van der Waals surface area contributed by atoms with Gasteiger partial charge in [-0.1, -0.05) is 12.8 Å². The van der Waals surface area contributed by atoms with Gasteiger partial charge >= 0.3 is 0 Å². The fraction of sp³-hybridized carbons (Fsp3) is 0.818. The Bertz CT molecular complexity index is 406. The molecule has 1 saturated carbocycles. The van der Waals surface area contributed by atoms with Gasteiger partial charge < -0.3 is 0 Å². The molecule has 0 radical (unpaired) electrons. The number of hydrogen-bond donors (Lipinski definition) is 0. The van der Waals surface area contributed by atoms with Gasteiger partial charge in [0.15, 0.2) is 11.6 Å². The van der Waals surface area contributed by atoms with Gasteiger partial charge in [-0.3, -0.25) is 9.69 Å². The van der Waals surface area contributed by atoms with E-state index in [1.54, 1.807) is 7.05 Å². The molecule has 1 aliphatic carbocycles. The molecule has 2 rings (SSSR count). The summed E-state index contributed by atoms with van der Waals surface area (Å²) in [5, 5.41) is 11.7. The standard InChI is InChI=1S/C11H19N5O/c1-15(2)11(6-4-5-7-11)9(17)8-10-12-14-16(3)13-10/h4-8H2,1-3H3. The van der Waals surface area contributed by atoms with Crippen LogP contribution in [0.1, 0.15) is 31.5 Å². The van der Waals surface area contributed by atoms with Crippen LogP contribution in [0.15, 0.2) is 0 Å². The van der Waals surface area contributed by atoms with Crippen molar-refractivity contribution >= 4 is 5.78 Å². The number of likely N-dealkylation sites (N-methyl/N-ethyl adjacent to an activating group) is 1. The molecule has 0 amide bonds. The van der Waals surface area contributed by atoms with Crippen LogP contribution in [0.3, 0.4) is 0 Å². The van der Waals surface area contributed by atoms with Crippen LogP contribution in [0.5, 0.6) is 0 Å². The second kappa shape index (κ2) is 4.52. The van der Waals surface area contributed by atoms with Crippen molar-refractivity contribution < 1.29 is 4.79 Å². The highest BCUT2D eigenvalue weighted by atomic mass is 16.1. The fourth-order valence-electron chi connectivity index (χ4n) is 2.64. The third-order valence-corrected chi connectivity index (χ3v) is 3.67. The molecule has 0 spiro atoms. The number of ketones is 1. The van der Waals surface area contributed by atoms with E-state index in [-0.39, 0.29) is 17.7 Å². The summed E-state index contributed by atoms with van der Waals surface area (Å²) in [5.41, 5.74) is -0.306. The zero-order chi connectivity index (χ0) is 12.5. The summed E-state index contributed by atoms with van der Waals surface area (Å²) in [5.74, 6) is 0.735. The van der Waals surface area contributed by atoms with E-state index in [1.165, 1.54) is 4.80 Å². The monoisotopic (exact) mass is 237 g/mol. The van der Waals surface area contributed by atoms with Crippen molar-refractivity contribution in [3.63, 3.8) is 0 Å². The van der Waals surface area contributed by atoms with Crippen molar-refractivity contribution in [2.24, 2.45) is 7.05 Å². The van der Waals surface area contributed by atoms with Crippen LogP contribution in [0, 0.1) is 0 Å². The Morgan fingerprint density at radius 3 is 2.53 bits per heavy atom. The van der Waals surface area contributed by atoms with Crippen molar-refractivity contribution in [3.8, 4) is 0 Å². The predicted molar refractivity (Wildman–Crippen MR) is 62.4 cm³/mol. The quantitative estimate of drug-likeness (QED) is 0.748. The molecule has 1 aromatic rings. The molecular formula is C11H19N5O. The van der Waals surface area contributed by atoms with Gasteiger partial charge in [0.1, 0.15) is 0 Å². The highest BCUT2D eigenvalue weighted by Crippen LogP contribution is 2.35. The lowest BCUT2D eigenvalue weighted by Crippen LogP contribution is -2.49. The summed E-state index contributed by atoms with van der Waals surface area (Å²) in [6, 6.07) is 0. The number of nitrogens with zero attached hydrogens (tertiary/aromatic N) is 5. The molecule has 0 bridgehead atoms. The Labute approximate surface area is 101 Å². The van der Waals surface area contributed by atoms with Crippen molar-refractivity contribution in [2.45, 2.75) is 37.6 Å². The van der Waals surface area contributed by atoms with Gasteiger partial charge in [-0.2, -0.15) is 4.80 Å². The number of aryl methyl sites for hydroxylation is 1. The molecule has 6 nitrogen and oxygen atoms in total. The molecule has 17 heavy (non-hydrogen) atoms. The number of aromatic nitrogens is 4. The zero-order valence-electron chi connectivity index (χ0n) is 10.7. The van der Waals surface area contributed by atoms with E-state index in [0.717, 1.165) is 25.7 Å². The number of carbonyl (C=O) groups excluding carboxylic acids is 1. The predicted octanol–water partition coefficient (Wildman–Crippen LogP) is 0.196. The lowest BCUT2D eigenvalue weighted by molar-refractivity contribution is -0.129. The number of rotatable bonds is 4. The maximum absolute atomic E-state index is 12.4. The average molecular weight is 237 g/mol. The van der Waals surface area contributed by atoms with E-state index in [1.807, 2.05) is 14.1 Å². The zero-order valence-corrected chi connectivity index (χ0v) is 10.7. The molecule has 0 atom stereocenters. The molecule has 1 fully saturated rings. The van der Waals surface area contributed by atoms with Crippen molar-refractivity contribution in [1.29, 1.82) is 0 Å². The fourth-order valence-corrected chi connectivity index (χ4v) is 2.64. The van der Waals surface area contributed by atoms with E-state index in [4.69, 9.17) is 0 Å². The van der Waals surface area contributed by atoms with E-state index in [0.29, 0.717) is 5.82 Å². The molecule has 94 valence electrons. The molecule has 1 aromatic heterocycles. The molecule has 1 heterocycles. The topological polar surface area (TPSA) is 63.9 Å².